The molecule has 1 aromatic carbocycles. The van der Waals surface area contributed by atoms with Crippen molar-refractivity contribution in [2.75, 3.05) is 0 Å². The Labute approximate surface area is 112 Å². The van der Waals surface area contributed by atoms with Crippen LogP contribution in [0.4, 0.5) is 10.1 Å². The fraction of sp³-hybridized carbons (Fsp3) is 0.0909. The van der Waals surface area contributed by atoms with Crippen LogP contribution in [-0.4, -0.2) is 14.9 Å². The van der Waals surface area contributed by atoms with E-state index in [0.717, 1.165) is 12.1 Å². The molecule has 8 heteroatoms. The zero-order valence-electron chi connectivity index (χ0n) is 9.63. The van der Waals surface area contributed by atoms with Gasteiger partial charge in [0.1, 0.15) is 17.2 Å². The summed E-state index contributed by atoms with van der Waals surface area (Å²) in [4.78, 5) is 17.3. The van der Waals surface area contributed by atoms with Gasteiger partial charge in [-0.25, -0.2) is 9.97 Å². The van der Waals surface area contributed by atoms with Crippen molar-refractivity contribution < 1.29 is 14.1 Å². The number of rotatable bonds is 3. The molecule has 1 aromatic heterocycles. The Balaban J connectivity index is 2.32. The third-order valence-corrected chi connectivity index (χ3v) is 2.69. The van der Waals surface area contributed by atoms with Gasteiger partial charge in [-0.1, -0.05) is 11.6 Å². The summed E-state index contributed by atoms with van der Waals surface area (Å²) in [6.45, 7) is 1.64. The maximum Gasteiger partial charge on any atom is 0.305 e. The normalized spacial score (nSPS) is 10.3. The zero-order chi connectivity index (χ0) is 14.0. The number of ether oxygens (including phenoxy) is 1. The summed E-state index contributed by atoms with van der Waals surface area (Å²) in [7, 11) is 0. The Hall–Kier alpha value is -2.28. The van der Waals surface area contributed by atoms with Crippen molar-refractivity contribution in [1.82, 2.24) is 9.97 Å². The van der Waals surface area contributed by atoms with Crippen LogP contribution in [0.15, 0.2) is 24.5 Å². The van der Waals surface area contributed by atoms with Gasteiger partial charge in [0.2, 0.25) is 11.7 Å². The lowest BCUT2D eigenvalue weighted by Gasteiger charge is -2.07. The minimum absolute atomic E-state index is 0.0842. The second kappa shape index (κ2) is 5.15. The van der Waals surface area contributed by atoms with Crippen molar-refractivity contribution in [2.24, 2.45) is 0 Å². The highest BCUT2D eigenvalue weighted by atomic mass is 35.5. The number of nitrogens with zero attached hydrogens (tertiary/aromatic N) is 3. The summed E-state index contributed by atoms with van der Waals surface area (Å²) in [6, 6.07) is 3.20. The molecule has 0 aliphatic heterocycles. The molecule has 0 radical (unpaired) electrons. The molecule has 0 N–H and O–H groups in total. The van der Waals surface area contributed by atoms with E-state index in [-0.39, 0.29) is 16.8 Å². The quantitative estimate of drug-likeness (QED) is 0.491. The Bertz CT molecular complexity index is 651. The topological polar surface area (TPSA) is 78.2 Å². The standard InChI is InChI=1S/C11H7ClFN3O3/c1-6-10(12)14-5-15-11(6)19-7-2-3-9(16(17)18)8(13)4-7/h2-5H,1H3. The average molecular weight is 284 g/mol. The summed E-state index contributed by atoms with van der Waals surface area (Å²) >= 11 is 5.78. The highest BCUT2D eigenvalue weighted by molar-refractivity contribution is 6.30. The number of nitro groups is 1. The number of hydrogen-bond acceptors (Lipinski definition) is 5. The molecule has 2 aromatic rings. The van der Waals surface area contributed by atoms with Crippen LogP contribution in [0, 0.1) is 22.9 Å². The van der Waals surface area contributed by atoms with E-state index in [2.05, 4.69) is 9.97 Å². The molecule has 0 bridgehead atoms. The predicted octanol–water partition coefficient (Wildman–Crippen LogP) is 3.28. The van der Waals surface area contributed by atoms with E-state index < -0.39 is 16.4 Å². The maximum atomic E-state index is 13.4. The predicted molar refractivity (Wildman–Crippen MR) is 64.9 cm³/mol. The van der Waals surface area contributed by atoms with Crippen LogP contribution in [0.2, 0.25) is 5.15 Å². The molecule has 2 rings (SSSR count). The molecule has 0 unspecified atom stereocenters. The van der Waals surface area contributed by atoms with E-state index in [4.69, 9.17) is 16.3 Å². The molecule has 0 saturated heterocycles. The van der Waals surface area contributed by atoms with E-state index >= 15 is 0 Å². The minimum atomic E-state index is -0.986. The molecular formula is C11H7ClFN3O3. The summed E-state index contributed by atoms with van der Waals surface area (Å²) in [5.74, 6) is -0.741. The lowest BCUT2D eigenvalue weighted by atomic mass is 10.3. The van der Waals surface area contributed by atoms with Gasteiger partial charge in [0, 0.05) is 17.7 Å². The third-order valence-electron chi connectivity index (χ3n) is 2.31. The van der Waals surface area contributed by atoms with E-state index in [1.165, 1.54) is 12.4 Å². The van der Waals surface area contributed by atoms with E-state index in [1.807, 2.05) is 0 Å². The molecule has 0 fully saturated rings. The second-order valence-electron chi connectivity index (χ2n) is 3.57. The summed E-state index contributed by atoms with van der Waals surface area (Å²) < 4.78 is 18.7. The van der Waals surface area contributed by atoms with Crippen molar-refractivity contribution in [3.05, 3.63) is 51.2 Å². The fourth-order valence-corrected chi connectivity index (χ4v) is 1.45. The third kappa shape index (κ3) is 2.76. The SMILES string of the molecule is Cc1c(Cl)ncnc1Oc1ccc([N+](=O)[O-])c(F)c1. The van der Waals surface area contributed by atoms with Crippen LogP contribution in [-0.2, 0) is 0 Å². The molecule has 98 valence electrons. The van der Waals surface area contributed by atoms with Gasteiger partial charge in [0.25, 0.3) is 0 Å². The summed E-state index contributed by atoms with van der Waals surface area (Å²) in [5, 5.41) is 10.7. The smallest absolute Gasteiger partial charge is 0.305 e. The molecular weight excluding hydrogens is 277 g/mol. The molecule has 0 spiro atoms. The molecule has 6 nitrogen and oxygen atoms in total. The molecule has 0 saturated carbocycles. The van der Waals surface area contributed by atoms with Gasteiger partial charge in [-0.05, 0) is 13.0 Å². The largest absolute Gasteiger partial charge is 0.438 e. The van der Waals surface area contributed by atoms with E-state index in [0.29, 0.717) is 5.56 Å². The first-order valence-corrected chi connectivity index (χ1v) is 5.45. The van der Waals surface area contributed by atoms with Gasteiger partial charge < -0.3 is 4.74 Å². The Morgan fingerprint density at radius 1 is 1.42 bits per heavy atom. The Kier molecular flexibility index (Phi) is 3.57. The number of halogens is 2. The van der Waals surface area contributed by atoms with Gasteiger partial charge in [0.15, 0.2) is 0 Å². The van der Waals surface area contributed by atoms with Crippen molar-refractivity contribution in [3.8, 4) is 11.6 Å². The van der Waals surface area contributed by atoms with Gasteiger partial charge >= 0.3 is 5.69 Å². The van der Waals surface area contributed by atoms with Crippen LogP contribution < -0.4 is 4.74 Å². The van der Waals surface area contributed by atoms with E-state index in [9.17, 15) is 14.5 Å². The molecule has 0 aliphatic carbocycles. The van der Waals surface area contributed by atoms with Crippen LogP contribution in [0.1, 0.15) is 5.56 Å². The highest BCUT2D eigenvalue weighted by Gasteiger charge is 2.15. The monoisotopic (exact) mass is 283 g/mol. The molecule has 0 aliphatic rings. The maximum absolute atomic E-state index is 13.4. The summed E-state index contributed by atoms with van der Waals surface area (Å²) in [6.07, 6.45) is 1.20. The van der Waals surface area contributed by atoms with Crippen LogP contribution in [0.3, 0.4) is 0 Å². The Morgan fingerprint density at radius 3 is 2.79 bits per heavy atom. The van der Waals surface area contributed by atoms with Gasteiger partial charge in [-0.2, -0.15) is 4.39 Å². The highest BCUT2D eigenvalue weighted by Crippen LogP contribution is 2.28. The molecule has 0 atom stereocenters. The minimum Gasteiger partial charge on any atom is -0.438 e. The van der Waals surface area contributed by atoms with Crippen LogP contribution in [0.5, 0.6) is 11.6 Å². The zero-order valence-corrected chi connectivity index (χ0v) is 10.4. The molecule has 19 heavy (non-hydrogen) atoms. The van der Waals surface area contributed by atoms with Crippen LogP contribution >= 0.6 is 11.6 Å². The van der Waals surface area contributed by atoms with Crippen molar-refractivity contribution in [1.29, 1.82) is 0 Å². The van der Waals surface area contributed by atoms with Gasteiger partial charge in [0.05, 0.1) is 4.92 Å². The van der Waals surface area contributed by atoms with Crippen LogP contribution in [0.25, 0.3) is 0 Å². The first kappa shape index (κ1) is 13.2. The second-order valence-corrected chi connectivity index (χ2v) is 3.93. The number of nitro benzene ring substituents is 1. The first-order chi connectivity index (χ1) is 8.99. The Morgan fingerprint density at radius 2 is 2.16 bits per heavy atom. The fourth-order valence-electron chi connectivity index (χ4n) is 1.33. The molecule has 0 amide bonds. The number of aromatic nitrogens is 2. The lowest BCUT2D eigenvalue weighted by molar-refractivity contribution is -0.387. The van der Waals surface area contributed by atoms with Gasteiger partial charge in [-0.3, -0.25) is 10.1 Å². The summed E-state index contributed by atoms with van der Waals surface area (Å²) in [5.41, 5.74) is -0.132. The number of benzene rings is 1. The molecule has 1 heterocycles. The lowest BCUT2D eigenvalue weighted by Crippen LogP contribution is -1.96. The number of hydrogen-bond donors (Lipinski definition) is 0. The van der Waals surface area contributed by atoms with Crippen molar-refractivity contribution in [3.63, 3.8) is 0 Å². The van der Waals surface area contributed by atoms with Crippen molar-refractivity contribution in [2.45, 2.75) is 6.92 Å². The first-order valence-electron chi connectivity index (χ1n) is 5.08. The average Bonchev–Trinajstić information content (AvgIpc) is 2.34. The van der Waals surface area contributed by atoms with Crippen molar-refractivity contribution >= 4 is 17.3 Å². The van der Waals surface area contributed by atoms with Gasteiger partial charge in [-0.15, -0.1) is 0 Å². The van der Waals surface area contributed by atoms with E-state index in [1.54, 1.807) is 6.92 Å².